The summed E-state index contributed by atoms with van der Waals surface area (Å²) in [7, 11) is 0. The molecular formula is C12H16ClN. The van der Waals surface area contributed by atoms with Gasteiger partial charge in [0, 0.05) is 11.6 Å². The number of hydrogen-bond donors (Lipinski definition) is 1. The van der Waals surface area contributed by atoms with E-state index in [0.717, 1.165) is 11.6 Å². The van der Waals surface area contributed by atoms with Gasteiger partial charge in [0.1, 0.15) is 0 Å². The van der Waals surface area contributed by atoms with Crippen LogP contribution in [0.4, 0.5) is 0 Å². The van der Waals surface area contributed by atoms with E-state index in [-0.39, 0.29) is 0 Å². The summed E-state index contributed by atoms with van der Waals surface area (Å²) in [6, 6.07) is 6.40. The van der Waals surface area contributed by atoms with E-state index in [1.165, 1.54) is 30.5 Å². The zero-order valence-electron chi connectivity index (χ0n) is 8.52. The van der Waals surface area contributed by atoms with Crippen LogP contribution in [0.5, 0.6) is 0 Å². The molecule has 1 aromatic carbocycles. The number of nitrogens with one attached hydrogen (secondary N) is 1. The normalized spacial score (nSPS) is 22.3. The third kappa shape index (κ3) is 2.10. The largest absolute Gasteiger partial charge is 0.316 e. The summed E-state index contributed by atoms with van der Waals surface area (Å²) in [5.41, 5.74) is 2.62. The van der Waals surface area contributed by atoms with E-state index in [2.05, 4.69) is 24.4 Å². The maximum absolute atomic E-state index is 6.00. The zero-order valence-corrected chi connectivity index (χ0v) is 9.27. The number of hydrogen-bond acceptors (Lipinski definition) is 1. The molecule has 1 heterocycles. The van der Waals surface area contributed by atoms with E-state index in [4.69, 9.17) is 11.6 Å². The Hall–Kier alpha value is -0.530. The molecule has 14 heavy (non-hydrogen) atoms. The Bertz CT molecular complexity index is 316. The van der Waals surface area contributed by atoms with Crippen LogP contribution in [0.3, 0.4) is 0 Å². The smallest absolute Gasteiger partial charge is 0.0435 e. The molecule has 0 aromatic heterocycles. The SMILES string of the molecule is Cc1cc([C@@H]2CCCNC2)ccc1Cl. The van der Waals surface area contributed by atoms with Crippen LogP contribution in [0.2, 0.25) is 5.02 Å². The molecule has 2 heteroatoms. The predicted octanol–water partition coefficient (Wildman–Crippen LogP) is 3.12. The lowest BCUT2D eigenvalue weighted by molar-refractivity contribution is 0.461. The monoisotopic (exact) mass is 209 g/mol. The lowest BCUT2D eigenvalue weighted by atomic mass is 9.91. The fourth-order valence-corrected chi connectivity index (χ4v) is 2.18. The van der Waals surface area contributed by atoms with E-state index < -0.39 is 0 Å². The van der Waals surface area contributed by atoms with E-state index >= 15 is 0 Å². The highest BCUT2D eigenvalue weighted by Gasteiger charge is 2.15. The van der Waals surface area contributed by atoms with Crippen molar-refractivity contribution in [3.05, 3.63) is 34.3 Å². The molecule has 0 bridgehead atoms. The van der Waals surface area contributed by atoms with Gasteiger partial charge < -0.3 is 5.32 Å². The molecule has 1 aliphatic rings. The summed E-state index contributed by atoms with van der Waals surface area (Å²) in [5, 5.41) is 4.31. The van der Waals surface area contributed by atoms with E-state index in [9.17, 15) is 0 Å². The van der Waals surface area contributed by atoms with Gasteiger partial charge in [-0.2, -0.15) is 0 Å². The van der Waals surface area contributed by atoms with E-state index in [1.54, 1.807) is 0 Å². The van der Waals surface area contributed by atoms with Crippen LogP contribution in [0.15, 0.2) is 18.2 Å². The van der Waals surface area contributed by atoms with Crippen LogP contribution in [-0.2, 0) is 0 Å². The van der Waals surface area contributed by atoms with Gasteiger partial charge in [-0.1, -0.05) is 23.7 Å². The lowest BCUT2D eigenvalue weighted by Gasteiger charge is -2.23. The van der Waals surface area contributed by atoms with Crippen LogP contribution in [0.25, 0.3) is 0 Å². The first kappa shape index (κ1) is 10.0. The number of benzene rings is 1. The summed E-state index contributed by atoms with van der Waals surface area (Å²) in [4.78, 5) is 0. The van der Waals surface area contributed by atoms with Crippen LogP contribution in [0, 0.1) is 6.92 Å². The molecule has 1 aromatic rings. The van der Waals surface area contributed by atoms with E-state index in [1.807, 2.05) is 6.07 Å². The van der Waals surface area contributed by atoms with Gasteiger partial charge in [0.2, 0.25) is 0 Å². The van der Waals surface area contributed by atoms with Gasteiger partial charge in [0.05, 0.1) is 0 Å². The van der Waals surface area contributed by atoms with E-state index in [0.29, 0.717) is 5.92 Å². The average molecular weight is 210 g/mol. The van der Waals surface area contributed by atoms with Gasteiger partial charge in [-0.3, -0.25) is 0 Å². The Morgan fingerprint density at radius 3 is 2.93 bits per heavy atom. The maximum atomic E-state index is 6.00. The van der Waals surface area contributed by atoms with Crippen molar-refractivity contribution in [3.63, 3.8) is 0 Å². The van der Waals surface area contributed by atoms with Gasteiger partial charge >= 0.3 is 0 Å². The molecule has 0 aliphatic carbocycles. The first-order chi connectivity index (χ1) is 6.77. The Kier molecular flexibility index (Phi) is 3.09. The molecule has 1 N–H and O–H groups in total. The fourth-order valence-electron chi connectivity index (χ4n) is 2.06. The average Bonchev–Trinajstić information content (AvgIpc) is 2.23. The third-order valence-corrected chi connectivity index (χ3v) is 3.37. The molecule has 0 radical (unpaired) electrons. The van der Waals surface area contributed by atoms with Crippen molar-refractivity contribution in [1.82, 2.24) is 5.32 Å². The summed E-state index contributed by atoms with van der Waals surface area (Å²) in [5.74, 6) is 0.680. The summed E-state index contributed by atoms with van der Waals surface area (Å²) < 4.78 is 0. The molecule has 1 fully saturated rings. The Balaban J connectivity index is 2.18. The van der Waals surface area contributed by atoms with Crippen molar-refractivity contribution in [2.24, 2.45) is 0 Å². The number of aryl methyl sites for hydroxylation is 1. The molecule has 0 unspecified atom stereocenters. The molecule has 2 rings (SSSR count). The molecule has 1 atom stereocenters. The minimum atomic E-state index is 0.680. The lowest BCUT2D eigenvalue weighted by Crippen LogP contribution is -2.28. The van der Waals surface area contributed by atoms with Crippen molar-refractivity contribution >= 4 is 11.6 Å². The molecular weight excluding hydrogens is 194 g/mol. The Labute approximate surface area is 90.5 Å². The van der Waals surface area contributed by atoms with Gasteiger partial charge in [-0.05, 0) is 49.4 Å². The third-order valence-electron chi connectivity index (χ3n) is 2.95. The molecule has 1 saturated heterocycles. The first-order valence-corrected chi connectivity index (χ1v) is 5.62. The standard InChI is InChI=1S/C12H16ClN/c1-9-7-10(4-5-12(9)13)11-3-2-6-14-8-11/h4-5,7,11,14H,2-3,6,8H2,1H3/t11-/m1/s1. The van der Waals surface area contributed by atoms with Gasteiger partial charge in [0.15, 0.2) is 0 Å². The Morgan fingerprint density at radius 2 is 2.29 bits per heavy atom. The first-order valence-electron chi connectivity index (χ1n) is 5.24. The van der Waals surface area contributed by atoms with Crippen LogP contribution in [-0.4, -0.2) is 13.1 Å². The van der Waals surface area contributed by atoms with Crippen molar-refractivity contribution in [3.8, 4) is 0 Å². The van der Waals surface area contributed by atoms with Crippen LogP contribution < -0.4 is 5.32 Å². The molecule has 0 spiro atoms. The minimum absolute atomic E-state index is 0.680. The number of rotatable bonds is 1. The van der Waals surface area contributed by atoms with Crippen LogP contribution in [0.1, 0.15) is 29.9 Å². The second-order valence-electron chi connectivity index (χ2n) is 4.05. The quantitative estimate of drug-likeness (QED) is 0.750. The summed E-state index contributed by atoms with van der Waals surface area (Å²) in [6.45, 7) is 4.35. The Morgan fingerprint density at radius 1 is 1.43 bits per heavy atom. The predicted molar refractivity (Wildman–Crippen MR) is 61.0 cm³/mol. The van der Waals surface area contributed by atoms with Gasteiger partial charge in [0.25, 0.3) is 0 Å². The number of halogens is 1. The zero-order chi connectivity index (χ0) is 9.97. The second-order valence-corrected chi connectivity index (χ2v) is 4.46. The maximum Gasteiger partial charge on any atom is 0.0435 e. The van der Waals surface area contributed by atoms with Crippen molar-refractivity contribution in [2.45, 2.75) is 25.7 Å². The highest BCUT2D eigenvalue weighted by atomic mass is 35.5. The fraction of sp³-hybridized carbons (Fsp3) is 0.500. The number of piperidine rings is 1. The molecule has 1 aliphatic heterocycles. The van der Waals surface area contributed by atoms with Crippen molar-refractivity contribution < 1.29 is 0 Å². The van der Waals surface area contributed by atoms with Gasteiger partial charge in [-0.25, -0.2) is 0 Å². The summed E-state index contributed by atoms with van der Waals surface area (Å²) in [6.07, 6.45) is 2.58. The second kappa shape index (κ2) is 4.33. The summed E-state index contributed by atoms with van der Waals surface area (Å²) >= 11 is 6.00. The van der Waals surface area contributed by atoms with Crippen molar-refractivity contribution in [1.29, 1.82) is 0 Å². The van der Waals surface area contributed by atoms with Crippen LogP contribution >= 0.6 is 11.6 Å². The minimum Gasteiger partial charge on any atom is -0.316 e. The molecule has 0 amide bonds. The topological polar surface area (TPSA) is 12.0 Å². The highest BCUT2D eigenvalue weighted by Crippen LogP contribution is 2.26. The highest BCUT2D eigenvalue weighted by molar-refractivity contribution is 6.31. The molecule has 76 valence electrons. The van der Waals surface area contributed by atoms with Gasteiger partial charge in [-0.15, -0.1) is 0 Å². The molecule has 0 saturated carbocycles. The van der Waals surface area contributed by atoms with Crippen molar-refractivity contribution in [2.75, 3.05) is 13.1 Å². The molecule has 1 nitrogen and oxygen atoms in total.